The van der Waals surface area contributed by atoms with Gasteiger partial charge in [0.25, 0.3) is 0 Å². The molecule has 2 aromatic heterocycles. The smallest absolute Gasteiger partial charge is 0.315 e. The van der Waals surface area contributed by atoms with Gasteiger partial charge in [-0.15, -0.1) is 0 Å². The Kier molecular flexibility index (Phi) is 7.59. The number of aryl methyl sites for hydroxylation is 2. The van der Waals surface area contributed by atoms with Gasteiger partial charge in [-0.3, -0.25) is 4.79 Å². The molecule has 32 heavy (non-hydrogen) atoms. The molecule has 8 heteroatoms. The average molecular weight is 435 g/mol. The number of carbonyl (C=O) groups excluding carboxylic acids is 2. The fraction of sp³-hybridized carbons (Fsp3) is 0.333. The predicted molar refractivity (Wildman–Crippen MR) is 123 cm³/mol. The Hall–Kier alpha value is -3.68. The summed E-state index contributed by atoms with van der Waals surface area (Å²) < 4.78 is 1.78. The summed E-state index contributed by atoms with van der Waals surface area (Å²) in [4.78, 5) is 29.5. The van der Waals surface area contributed by atoms with Crippen LogP contribution in [0.1, 0.15) is 36.4 Å². The molecule has 3 N–H and O–H groups in total. The lowest BCUT2D eigenvalue weighted by molar-refractivity contribution is -0.124. The molecule has 1 unspecified atom stereocenters. The van der Waals surface area contributed by atoms with Gasteiger partial charge in [-0.2, -0.15) is 5.10 Å². The van der Waals surface area contributed by atoms with Gasteiger partial charge >= 0.3 is 6.03 Å². The van der Waals surface area contributed by atoms with Crippen molar-refractivity contribution in [2.24, 2.45) is 5.92 Å². The lowest BCUT2D eigenvalue weighted by Gasteiger charge is -2.22. The van der Waals surface area contributed by atoms with Crippen molar-refractivity contribution in [2.45, 2.75) is 46.8 Å². The number of aromatic nitrogens is 3. The van der Waals surface area contributed by atoms with Crippen LogP contribution >= 0.6 is 0 Å². The van der Waals surface area contributed by atoms with E-state index in [9.17, 15) is 9.59 Å². The SMILES string of the molecule is Cc1cc(C)n(-c2ccc(CNC(=O)C(NC(=O)NCc3ccccc3)C(C)C)cn2)n1. The molecule has 0 aliphatic carbocycles. The van der Waals surface area contributed by atoms with E-state index < -0.39 is 6.04 Å². The van der Waals surface area contributed by atoms with Crippen molar-refractivity contribution in [1.82, 2.24) is 30.7 Å². The van der Waals surface area contributed by atoms with Gasteiger partial charge in [0.05, 0.1) is 5.69 Å². The highest BCUT2D eigenvalue weighted by Gasteiger charge is 2.24. The maximum absolute atomic E-state index is 12.7. The molecule has 2 heterocycles. The molecule has 0 bridgehead atoms. The van der Waals surface area contributed by atoms with E-state index in [1.807, 2.05) is 76.2 Å². The van der Waals surface area contributed by atoms with Gasteiger partial charge in [0, 0.05) is 25.0 Å². The summed E-state index contributed by atoms with van der Waals surface area (Å²) in [6.07, 6.45) is 1.72. The van der Waals surface area contributed by atoms with Crippen molar-refractivity contribution in [1.29, 1.82) is 0 Å². The molecule has 0 radical (unpaired) electrons. The molecule has 0 fully saturated rings. The molecule has 0 aliphatic heterocycles. The van der Waals surface area contributed by atoms with Crippen molar-refractivity contribution in [2.75, 3.05) is 0 Å². The quantitative estimate of drug-likeness (QED) is 0.507. The minimum atomic E-state index is -0.646. The molecule has 168 valence electrons. The van der Waals surface area contributed by atoms with E-state index in [1.165, 1.54) is 0 Å². The largest absolute Gasteiger partial charge is 0.350 e. The second-order valence-electron chi connectivity index (χ2n) is 8.12. The second kappa shape index (κ2) is 10.6. The Bertz CT molecular complexity index is 1040. The number of carbonyl (C=O) groups is 2. The predicted octanol–water partition coefficient (Wildman–Crippen LogP) is 3.02. The zero-order valence-electron chi connectivity index (χ0n) is 18.9. The zero-order chi connectivity index (χ0) is 23.1. The fourth-order valence-corrected chi connectivity index (χ4v) is 3.31. The number of amides is 3. The maximum atomic E-state index is 12.7. The molecule has 3 rings (SSSR count). The van der Waals surface area contributed by atoms with Crippen molar-refractivity contribution in [3.63, 3.8) is 0 Å². The number of hydrogen-bond donors (Lipinski definition) is 3. The van der Waals surface area contributed by atoms with E-state index in [0.29, 0.717) is 13.1 Å². The third kappa shape index (κ3) is 6.16. The summed E-state index contributed by atoms with van der Waals surface area (Å²) in [6, 6.07) is 14.4. The fourth-order valence-electron chi connectivity index (χ4n) is 3.31. The second-order valence-corrected chi connectivity index (χ2v) is 8.12. The van der Waals surface area contributed by atoms with Crippen LogP contribution in [0.15, 0.2) is 54.7 Å². The van der Waals surface area contributed by atoms with E-state index in [2.05, 4.69) is 26.0 Å². The van der Waals surface area contributed by atoms with Crippen LogP contribution in [0.3, 0.4) is 0 Å². The van der Waals surface area contributed by atoms with E-state index in [4.69, 9.17) is 0 Å². The van der Waals surface area contributed by atoms with E-state index >= 15 is 0 Å². The van der Waals surface area contributed by atoms with Crippen LogP contribution in [0.25, 0.3) is 5.82 Å². The van der Waals surface area contributed by atoms with E-state index in [0.717, 1.165) is 28.3 Å². The van der Waals surface area contributed by atoms with Gasteiger partial charge in [0.2, 0.25) is 5.91 Å². The lowest BCUT2D eigenvalue weighted by atomic mass is 10.0. The number of hydrogen-bond acceptors (Lipinski definition) is 4. The topological polar surface area (TPSA) is 101 Å². The van der Waals surface area contributed by atoms with Crippen molar-refractivity contribution in [3.8, 4) is 5.82 Å². The summed E-state index contributed by atoms with van der Waals surface area (Å²) in [5.74, 6) is 0.420. The highest BCUT2D eigenvalue weighted by Crippen LogP contribution is 2.10. The Labute approximate surface area is 188 Å². The van der Waals surface area contributed by atoms with E-state index in [-0.39, 0.29) is 17.9 Å². The van der Waals surface area contributed by atoms with Crippen LogP contribution in [0.5, 0.6) is 0 Å². The summed E-state index contributed by atoms with van der Waals surface area (Å²) in [5.41, 5.74) is 3.79. The molecule has 0 saturated heterocycles. The molecule has 1 atom stereocenters. The molecule has 0 aliphatic rings. The minimum Gasteiger partial charge on any atom is -0.350 e. The molecule has 0 saturated carbocycles. The summed E-state index contributed by atoms with van der Waals surface area (Å²) in [5, 5.41) is 12.9. The Morgan fingerprint density at radius 3 is 2.28 bits per heavy atom. The van der Waals surface area contributed by atoms with Gasteiger partial charge in [0.15, 0.2) is 5.82 Å². The Morgan fingerprint density at radius 1 is 0.969 bits per heavy atom. The first-order valence-electron chi connectivity index (χ1n) is 10.7. The Balaban J connectivity index is 1.53. The van der Waals surface area contributed by atoms with Crippen molar-refractivity contribution < 1.29 is 9.59 Å². The summed E-state index contributed by atoms with van der Waals surface area (Å²) in [7, 11) is 0. The molecule has 3 aromatic rings. The standard InChI is InChI=1S/C24H30N6O2/c1-16(2)22(28-24(32)27-13-19-8-6-5-7-9-19)23(31)26-15-20-10-11-21(25-14-20)30-18(4)12-17(3)29-30/h5-12,14,16,22H,13,15H2,1-4H3,(H,26,31)(H2,27,28,32). The molecule has 1 aromatic carbocycles. The molecule has 8 nitrogen and oxygen atoms in total. The molecular weight excluding hydrogens is 404 g/mol. The lowest BCUT2D eigenvalue weighted by Crippen LogP contribution is -2.52. The van der Waals surface area contributed by atoms with Gasteiger partial charge in [-0.1, -0.05) is 50.2 Å². The third-order valence-electron chi connectivity index (χ3n) is 5.03. The van der Waals surface area contributed by atoms with Crippen LogP contribution in [0.2, 0.25) is 0 Å². The number of urea groups is 1. The number of nitrogens with zero attached hydrogens (tertiary/aromatic N) is 3. The maximum Gasteiger partial charge on any atom is 0.315 e. The molecular formula is C24H30N6O2. The minimum absolute atomic E-state index is 0.0657. The highest BCUT2D eigenvalue weighted by atomic mass is 16.2. The highest BCUT2D eigenvalue weighted by molar-refractivity contribution is 5.87. The Morgan fingerprint density at radius 2 is 1.69 bits per heavy atom. The van der Waals surface area contributed by atoms with Gasteiger partial charge in [-0.25, -0.2) is 14.5 Å². The number of benzene rings is 1. The normalized spacial score (nSPS) is 11.8. The van der Waals surface area contributed by atoms with Crippen LogP contribution in [0.4, 0.5) is 4.79 Å². The van der Waals surface area contributed by atoms with Crippen molar-refractivity contribution in [3.05, 3.63) is 77.2 Å². The van der Waals surface area contributed by atoms with Crippen LogP contribution in [-0.4, -0.2) is 32.7 Å². The first-order chi connectivity index (χ1) is 15.3. The summed E-state index contributed by atoms with van der Waals surface area (Å²) >= 11 is 0. The summed E-state index contributed by atoms with van der Waals surface area (Å²) in [6.45, 7) is 8.42. The van der Waals surface area contributed by atoms with Crippen LogP contribution in [-0.2, 0) is 17.9 Å². The first kappa shape index (κ1) is 23.0. The first-order valence-corrected chi connectivity index (χ1v) is 10.7. The molecule has 3 amide bonds. The number of rotatable bonds is 8. The number of pyridine rings is 1. The third-order valence-corrected chi connectivity index (χ3v) is 5.03. The van der Waals surface area contributed by atoms with E-state index in [1.54, 1.807) is 10.9 Å². The van der Waals surface area contributed by atoms with Crippen molar-refractivity contribution >= 4 is 11.9 Å². The average Bonchev–Trinajstić information content (AvgIpc) is 3.13. The molecule has 0 spiro atoms. The van der Waals surface area contributed by atoms with Crippen LogP contribution in [0, 0.1) is 19.8 Å². The van der Waals surface area contributed by atoms with Gasteiger partial charge < -0.3 is 16.0 Å². The van der Waals surface area contributed by atoms with Gasteiger partial charge in [-0.05, 0) is 43.0 Å². The van der Waals surface area contributed by atoms with Crippen LogP contribution < -0.4 is 16.0 Å². The monoisotopic (exact) mass is 434 g/mol. The number of nitrogens with one attached hydrogen (secondary N) is 3. The zero-order valence-corrected chi connectivity index (χ0v) is 18.9. The van der Waals surface area contributed by atoms with Gasteiger partial charge in [0.1, 0.15) is 6.04 Å².